The van der Waals surface area contributed by atoms with Crippen LogP contribution in [-0.4, -0.2) is 15.6 Å². The van der Waals surface area contributed by atoms with E-state index in [0.29, 0.717) is 6.04 Å². The third-order valence-electron chi connectivity index (χ3n) is 2.41. The first kappa shape index (κ1) is 8.13. The standard InChI is InChI=1S/C8H13N3S/c1-6(8-5-12-11-10-8)9-7-3-2-4-7/h5-7,9H,2-4H2,1H3. The molecule has 1 aromatic heterocycles. The van der Waals surface area contributed by atoms with Crippen LogP contribution in [0, 0.1) is 0 Å². The molecule has 0 spiro atoms. The zero-order chi connectivity index (χ0) is 8.39. The first-order chi connectivity index (χ1) is 5.86. The molecular weight excluding hydrogens is 170 g/mol. The van der Waals surface area contributed by atoms with Crippen molar-refractivity contribution in [1.82, 2.24) is 14.9 Å². The topological polar surface area (TPSA) is 37.8 Å². The maximum Gasteiger partial charge on any atom is 0.0921 e. The first-order valence-electron chi connectivity index (χ1n) is 4.39. The maximum atomic E-state index is 4.03. The fraction of sp³-hybridized carbons (Fsp3) is 0.750. The van der Waals surface area contributed by atoms with E-state index in [1.165, 1.54) is 30.8 Å². The second kappa shape index (κ2) is 3.49. The summed E-state index contributed by atoms with van der Waals surface area (Å²) in [5.41, 5.74) is 1.08. The van der Waals surface area contributed by atoms with E-state index in [2.05, 4.69) is 21.8 Å². The van der Waals surface area contributed by atoms with Crippen LogP contribution in [0.25, 0.3) is 0 Å². The van der Waals surface area contributed by atoms with Crippen LogP contribution in [0.1, 0.15) is 37.9 Å². The zero-order valence-electron chi connectivity index (χ0n) is 7.16. The Hall–Kier alpha value is -0.480. The van der Waals surface area contributed by atoms with Crippen molar-refractivity contribution < 1.29 is 0 Å². The molecule has 0 radical (unpaired) electrons. The van der Waals surface area contributed by atoms with Crippen LogP contribution in [0.4, 0.5) is 0 Å². The lowest BCUT2D eigenvalue weighted by Crippen LogP contribution is -2.36. The van der Waals surface area contributed by atoms with Crippen LogP contribution in [0.2, 0.25) is 0 Å². The molecule has 1 aliphatic carbocycles. The molecular formula is C8H13N3S. The van der Waals surface area contributed by atoms with Crippen LogP contribution in [0.15, 0.2) is 5.38 Å². The summed E-state index contributed by atoms with van der Waals surface area (Å²) in [6.45, 7) is 2.15. The number of nitrogens with zero attached hydrogens (tertiary/aromatic N) is 2. The van der Waals surface area contributed by atoms with Crippen LogP contribution in [0.3, 0.4) is 0 Å². The molecule has 66 valence electrons. The average molecular weight is 183 g/mol. The molecule has 1 saturated carbocycles. The number of hydrogen-bond donors (Lipinski definition) is 1. The molecule has 0 aromatic carbocycles. The SMILES string of the molecule is CC(NC1CCC1)c1csnn1. The smallest absolute Gasteiger partial charge is 0.0921 e. The molecule has 1 unspecified atom stereocenters. The van der Waals surface area contributed by atoms with Crippen molar-refractivity contribution in [2.45, 2.75) is 38.3 Å². The molecule has 1 aromatic rings. The summed E-state index contributed by atoms with van der Waals surface area (Å²) in [4.78, 5) is 0. The van der Waals surface area contributed by atoms with Gasteiger partial charge in [-0.1, -0.05) is 10.9 Å². The van der Waals surface area contributed by atoms with Gasteiger partial charge in [0.05, 0.1) is 5.69 Å². The van der Waals surface area contributed by atoms with Gasteiger partial charge in [0.25, 0.3) is 0 Å². The molecule has 12 heavy (non-hydrogen) atoms. The third-order valence-corrected chi connectivity index (χ3v) is 2.93. The molecule has 1 heterocycles. The van der Waals surface area contributed by atoms with E-state index in [9.17, 15) is 0 Å². The fourth-order valence-electron chi connectivity index (χ4n) is 1.37. The van der Waals surface area contributed by atoms with Crippen molar-refractivity contribution in [3.05, 3.63) is 11.1 Å². The largest absolute Gasteiger partial charge is 0.306 e. The Kier molecular flexibility index (Phi) is 2.37. The Morgan fingerprint density at radius 2 is 2.50 bits per heavy atom. The van der Waals surface area contributed by atoms with E-state index >= 15 is 0 Å². The maximum absolute atomic E-state index is 4.03. The van der Waals surface area contributed by atoms with Gasteiger partial charge in [0, 0.05) is 17.5 Å². The predicted octanol–water partition coefficient (Wildman–Crippen LogP) is 1.74. The van der Waals surface area contributed by atoms with E-state index in [0.717, 1.165) is 11.7 Å². The summed E-state index contributed by atoms with van der Waals surface area (Å²) < 4.78 is 3.85. The minimum absolute atomic E-state index is 0.369. The van der Waals surface area contributed by atoms with Crippen molar-refractivity contribution in [2.75, 3.05) is 0 Å². The molecule has 0 aliphatic heterocycles. The Labute approximate surface area is 76.4 Å². The van der Waals surface area contributed by atoms with E-state index in [1.807, 2.05) is 5.38 Å². The average Bonchev–Trinajstić information content (AvgIpc) is 2.47. The Bertz CT molecular complexity index is 230. The normalized spacial score (nSPS) is 20.4. The molecule has 1 N–H and O–H groups in total. The second-order valence-corrected chi connectivity index (χ2v) is 3.96. The van der Waals surface area contributed by atoms with Gasteiger partial charge in [-0.25, -0.2) is 0 Å². The highest BCUT2D eigenvalue weighted by molar-refractivity contribution is 7.03. The van der Waals surface area contributed by atoms with Crippen LogP contribution in [-0.2, 0) is 0 Å². The number of aromatic nitrogens is 2. The predicted molar refractivity (Wildman–Crippen MR) is 49.1 cm³/mol. The van der Waals surface area contributed by atoms with Gasteiger partial charge in [-0.05, 0) is 31.3 Å². The van der Waals surface area contributed by atoms with Gasteiger partial charge >= 0.3 is 0 Å². The Morgan fingerprint density at radius 1 is 1.67 bits per heavy atom. The Morgan fingerprint density at radius 3 is 3.00 bits per heavy atom. The van der Waals surface area contributed by atoms with Crippen molar-refractivity contribution in [2.24, 2.45) is 0 Å². The van der Waals surface area contributed by atoms with Gasteiger partial charge in [-0.3, -0.25) is 0 Å². The monoisotopic (exact) mass is 183 g/mol. The number of rotatable bonds is 3. The van der Waals surface area contributed by atoms with E-state index in [4.69, 9.17) is 0 Å². The molecule has 0 amide bonds. The molecule has 0 bridgehead atoms. The van der Waals surface area contributed by atoms with Gasteiger partial charge in [0.1, 0.15) is 0 Å². The van der Waals surface area contributed by atoms with Crippen molar-refractivity contribution in [3.8, 4) is 0 Å². The minimum atomic E-state index is 0.369. The highest BCUT2D eigenvalue weighted by atomic mass is 32.1. The van der Waals surface area contributed by atoms with Crippen LogP contribution in [0.5, 0.6) is 0 Å². The summed E-state index contributed by atoms with van der Waals surface area (Å²) in [6.07, 6.45) is 4.02. The number of hydrogen-bond acceptors (Lipinski definition) is 4. The first-order valence-corrected chi connectivity index (χ1v) is 5.23. The van der Waals surface area contributed by atoms with Crippen molar-refractivity contribution >= 4 is 11.5 Å². The highest BCUT2D eigenvalue weighted by Gasteiger charge is 2.20. The molecule has 3 nitrogen and oxygen atoms in total. The van der Waals surface area contributed by atoms with Crippen molar-refractivity contribution in [1.29, 1.82) is 0 Å². The van der Waals surface area contributed by atoms with Crippen LogP contribution >= 0.6 is 11.5 Å². The summed E-state index contributed by atoms with van der Waals surface area (Å²) in [6, 6.07) is 1.09. The van der Waals surface area contributed by atoms with Gasteiger partial charge in [-0.15, -0.1) is 5.10 Å². The van der Waals surface area contributed by atoms with Gasteiger partial charge < -0.3 is 5.32 Å². The molecule has 1 aliphatic rings. The lowest BCUT2D eigenvalue weighted by Gasteiger charge is -2.29. The van der Waals surface area contributed by atoms with Gasteiger partial charge in [0.2, 0.25) is 0 Å². The van der Waals surface area contributed by atoms with Crippen molar-refractivity contribution in [3.63, 3.8) is 0 Å². The Balaban J connectivity index is 1.87. The molecule has 0 saturated heterocycles. The molecule has 4 heteroatoms. The third kappa shape index (κ3) is 1.64. The van der Waals surface area contributed by atoms with E-state index in [-0.39, 0.29) is 0 Å². The highest BCUT2D eigenvalue weighted by Crippen LogP contribution is 2.22. The lowest BCUT2D eigenvalue weighted by atomic mass is 9.92. The molecule has 1 atom stereocenters. The molecule has 1 fully saturated rings. The van der Waals surface area contributed by atoms with E-state index < -0.39 is 0 Å². The van der Waals surface area contributed by atoms with Crippen LogP contribution < -0.4 is 5.32 Å². The summed E-state index contributed by atoms with van der Waals surface area (Å²) in [7, 11) is 0. The summed E-state index contributed by atoms with van der Waals surface area (Å²) >= 11 is 1.42. The van der Waals surface area contributed by atoms with Gasteiger partial charge in [0.15, 0.2) is 0 Å². The minimum Gasteiger partial charge on any atom is -0.306 e. The summed E-state index contributed by atoms with van der Waals surface area (Å²) in [5.74, 6) is 0. The number of nitrogens with one attached hydrogen (secondary N) is 1. The molecule has 2 rings (SSSR count). The summed E-state index contributed by atoms with van der Waals surface area (Å²) in [5, 5.41) is 9.57. The quantitative estimate of drug-likeness (QED) is 0.775. The van der Waals surface area contributed by atoms with E-state index in [1.54, 1.807) is 0 Å². The lowest BCUT2D eigenvalue weighted by molar-refractivity contribution is 0.311. The zero-order valence-corrected chi connectivity index (χ0v) is 7.97. The second-order valence-electron chi connectivity index (χ2n) is 3.35. The fourth-order valence-corrected chi connectivity index (χ4v) is 1.92. The van der Waals surface area contributed by atoms with Gasteiger partial charge in [-0.2, -0.15) is 0 Å².